The average molecular weight is 394 g/mol. The van der Waals surface area contributed by atoms with E-state index in [1.807, 2.05) is 12.1 Å². The summed E-state index contributed by atoms with van der Waals surface area (Å²) in [5.74, 6) is 1.14. The monoisotopic (exact) mass is 394 g/mol. The van der Waals surface area contributed by atoms with Crippen LogP contribution in [0.15, 0.2) is 63.8 Å². The molecule has 4 rings (SSSR count). The minimum absolute atomic E-state index is 0.177. The molecule has 1 aliphatic rings. The van der Waals surface area contributed by atoms with Gasteiger partial charge in [-0.2, -0.15) is 0 Å². The van der Waals surface area contributed by atoms with Crippen LogP contribution in [0.5, 0.6) is 0 Å². The van der Waals surface area contributed by atoms with Crippen LogP contribution in [-0.2, 0) is 19.6 Å². The fourth-order valence-electron chi connectivity index (χ4n) is 3.52. The number of furan rings is 1. The second kappa shape index (κ2) is 9.07. The molecule has 1 fully saturated rings. The second-order valence-corrected chi connectivity index (χ2v) is 7.40. The SMILES string of the molecule is CN(Cc1ccco1)C(=O)c1coc(CN2CCN(Cc3ccccc3)CC2)n1. The normalized spacial score (nSPS) is 15.5. The molecule has 0 radical (unpaired) electrons. The van der Waals surface area contributed by atoms with Gasteiger partial charge in [-0.3, -0.25) is 14.6 Å². The summed E-state index contributed by atoms with van der Waals surface area (Å²) in [6, 6.07) is 14.2. The fourth-order valence-corrected chi connectivity index (χ4v) is 3.52. The molecule has 3 heterocycles. The maximum Gasteiger partial charge on any atom is 0.275 e. The molecule has 29 heavy (non-hydrogen) atoms. The molecule has 0 aliphatic carbocycles. The molecule has 0 bridgehead atoms. The lowest BCUT2D eigenvalue weighted by Gasteiger charge is -2.34. The quantitative estimate of drug-likeness (QED) is 0.614. The van der Waals surface area contributed by atoms with Gasteiger partial charge in [0.25, 0.3) is 5.91 Å². The van der Waals surface area contributed by atoms with E-state index < -0.39 is 0 Å². The lowest BCUT2D eigenvalue weighted by Crippen LogP contribution is -2.45. The van der Waals surface area contributed by atoms with Crippen LogP contribution in [0.1, 0.15) is 27.7 Å². The molecule has 1 aliphatic heterocycles. The maximum atomic E-state index is 12.5. The highest BCUT2D eigenvalue weighted by Crippen LogP contribution is 2.13. The number of nitrogens with zero attached hydrogens (tertiary/aromatic N) is 4. The zero-order chi connectivity index (χ0) is 20.1. The van der Waals surface area contributed by atoms with Gasteiger partial charge in [0.05, 0.1) is 19.4 Å². The zero-order valence-corrected chi connectivity index (χ0v) is 16.7. The summed E-state index contributed by atoms with van der Waals surface area (Å²) < 4.78 is 10.9. The first kappa shape index (κ1) is 19.4. The summed E-state index contributed by atoms with van der Waals surface area (Å²) >= 11 is 0. The number of carbonyl (C=O) groups excluding carboxylic acids is 1. The Morgan fingerprint density at radius 3 is 2.41 bits per heavy atom. The fraction of sp³-hybridized carbons (Fsp3) is 0.364. The Hall–Kier alpha value is -2.90. The van der Waals surface area contributed by atoms with Gasteiger partial charge in [0, 0.05) is 39.8 Å². The Kier molecular flexibility index (Phi) is 6.07. The number of piperazine rings is 1. The number of rotatable bonds is 7. The third kappa shape index (κ3) is 5.13. The van der Waals surface area contributed by atoms with Gasteiger partial charge >= 0.3 is 0 Å². The zero-order valence-electron chi connectivity index (χ0n) is 16.7. The van der Waals surface area contributed by atoms with Gasteiger partial charge in [-0.1, -0.05) is 30.3 Å². The molecule has 3 aromatic rings. The number of hydrogen-bond donors (Lipinski definition) is 0. The van der Waals surface area contributed by atoms with Crippen LogP contribution in [0.4, 0.5) is 0 Å². The summed E-state index contributed by atoms with van der Waals surface area (Å²) in [6.45, 7) is 5.93. The minimum atomic E-state index is -0.177. The molecule has 0 atom stereocenters. The van der Waals surface area contributed by atoms with Crippen molar-refractivity contribution in [3.05, 3.63) is 77.9 Å². The van der Waals surface area contributed by atoms with Gasteiger partial charge in [0.15, 0.2) is 5.69 Å². The maximum absolute atomic E-state index is 12.5. The van der Waals surface area contributed by atoms with Crippen molar-refractivity contribution in [1.82, 2.24) is 19.7 Å². The summed E-state index contributed by atoms with van der Waals surface area (Å²) in [5.41, 5.74) is 1.67. The Labute approximate surface area is 170 Å². The topological polar surface area (TPSA) is 66.0 Å². The van der Waals surface area contributed by atoms with Crippen molar-refractivity contribution >= 4 is 5.91 Å². The molecule has 1 saturated heterocycles. The largest absolute Gasteiger partial charge is 0.467 e. The van der Waals surface area contributed by atoms with E-state index in [0.29, 0.717) is 24.7 Å². The van der Waals surface area contributed by atoms with Gasteiger partial charge in [-0.05, 0) is 17.7 Å². The first-order chi connectivity index (χ1) is 14.2. The van der Waals surface area contributed by atoms with Gasteiger partial charge in [-0.25, -0.2) is 4.98 Å². The van der Waals surface area contributed by atoms with Crippen LogP contribution in [0.3, 0.4) is 0 Å². The van der Waals surface area contributed by atoms with E-state index in [1.165, 1.54) is 11.8 Å². The molecule has 0 spiro atoms. The highest BCUT2D eigenvalue weighted by molar-refractivity contribution is 5.91. The molecule has 2 aromatic heterocycles. The second-order valence-electron chi connectivity index (χ2n) is 7.40. The summed E-state index contributed by atoms with van der Waals surface area (Å²) in [5, 5.41) is 0. The lowest BCUT2D eigenvalue weighted by molar-refractivity contribution is 0.0769. The highest BCUT2D eigenvalue weighted by atomic mass is 16.3. The predicted molar refractivity (Wildman–Crippen MR) is 108 cm³/mol. The van der Waals surface area contributed by atoms with E-state index in [0.717, 1.165) is 38.5 Å². The average Bonchev–Trinajstić information content (AvgIpc) is 3.42. The van der Waals surface area contributed by atoms with Crippen molar-refractivity contribution in [2.45, 2.75) is 19.6 Å². The first-order valence-corrected chi connectivity index (χ1v) is 9.88. The Bertz CT molecular complexity index is 899. The van der Waals surface area contributed by atoms with Crippen molar-refractivity contribution in [3.63, 3.8) is 0 Å². The number of benzene rings is 1. The highest BCUT2D eigenvalue weighted by Gasteiger charge is 2.21. The molecule has 7 heteroatoms. The predicted octanol–water partition coefficient (Wildman–Crippen LogP) is 2.86. The van der Waals surface area contributed by atoms with Crippen molar-refractivity contribution < 1.29 is 13.6 Å². The van der Waals surface area contributed by atoms with Gasteiger partial charge in [0.1, 0.15) is 12.0 Å². The first-order valence-electron chi connectivity index (χ1n) is 9.88. The van der Waals surface area contributed by atoms with E-state index in [-0.39, 0.29) is 5.91 Å². The summed E-state index contributed by atoms with van der Waals surface area (Å²) in [6.07, 6.45) is 3.05. The van der Waals surface area contributed by atoms with Crippen LogP contribution in [0.25, 0.3) is 0 Å². The molecule has 1 aromatic carbocycles. The third-order valence-electron chi connectivity index (χ3n) is 5.16. The third-order valence-corrected chi connectivity index (χ3v) is 5.16. The Morgan fingerprint density at radius 2 is 1.72 bits per heavy atom. The number of hydrogen-bond acceptors (Lipinski definition) is 6. The standard InChI is InChI=1S/C22H26N4O3/c1-24(15-19-8-5-13-28-19)22(27)20-17-29-21(23-20)16-26-11-9-25(10-12-26)14-18-6-3-2-4-7-18/h2-8,13,17H,9-12,14-16H2,1H3. The van der Waals surface area contributed by atoms with E-state index in [2.05, 4.69) is 39.0 Å². The van der Waals surface area contributed by atoms with Crippen LogP contribution < -0.4 is 0 Å². The number of aromatic nitrogens is 1. The van der Waals surface area contributed by atoms with Crippen molar-refractivity contribution in [1.29, 1.82) is 0 Å². The summed E-state index contributed by atoms with van der Waals surface area (Å²) in [7, 11) is 1.73. The lowest BCUT2D eigenvalue weighted by atomic mass is 10.2. The summed E-state index contributed by atoms with van der Waals surface area (Å²) in [4.78, 5) is 23.3. The van der Waals surface area contributed by atoms with Crippen LogP contribution >= 0.6 is 0 Å². The molecular weight excluding hydrogens is 368 g/mol. The number of carbonyl (C=O) groups is 1. The van der Waals surface area contributed by atoms with Gasteiger partial charge in [0.2, 0.25) is 5.89 Å². The Balaban J connectivity index is 1.26. The molecule has 0 unspecified atom stereocenters. The molecule has 0 saturated carbocycles. The molecule has 7 nitrogen and oxygen atoms in total. The Morgan fingerprint density at radius 1 is 1.00 bits per heavy atom. The minimum Gasteiger partial charge on any atom is -0.467 e. The smallest absolute Gasteiger partial charge is 0.275 e. The van der Waals surface area contributed by atoms with E-state index in [4.69, 9.17) is 8.83 Å². The van der Waals surface area contributed by atoms with Gasteiger partial charge in [-0.15, -0.1) is 0 Å². The van der Waals surface area contributed by atoms with Crippen LogP contribution in [0.2, 0.25) is 0 Å². The van der Waals surface area contributed by atoms with Gasteiger partial charge < -0.3 is 13.7 Å². The van der Waals surface area contributed by atoms with Crippen molar-refractivity contribution in [2.75, 3.05) is 33.2 Å². The van der Waals surface area contributed by atoms with E-state index in [1.54, 1.807) is 24.3 Å². The van der Waals surface area contributed by atoms with Crippen molar-refractivity contribution in [2.24, 2.45) is 0 Å². The van der Waals surface area contributed by atoms with Crippen molar-refractivity contribution in [3.8, 4) is 0 Å². The molecule has 1 amide bonds. The van der Waals surface area contributed by atoms with Crippen LogP contribution in [0, 0.1) is 0 Å². The molecular formula is C22H26N4O3. The van der Waals surface area contributed by atoms with E-state index >= 15 is 0 Å². The van der Waals surface area contributed by atoms with Crippen LogP contribution in [-0.4, -0.2) is 58.8 Å². The number of oxazole rings is 1. The molecule has 152 valence electrons. The molecule has 0 N–H and O–H groups in total. The number of amides is 1. The van der Waals surface area contributed by atoms with E-state index in [9.17, 15) is 4.79 Å².